The molecule has 0 saturated heterocycles. The lowest BCUT2D eigenvalue weighted by atomic mass is 9.32. The molecule has 0 aromatic rings. The van der Waals surface area contributed by atoms with Gasteiger partial charge in [-0.15, -0.1) is 0 Å². The van der Waals surface area contributed by atoms with Gasteiger partial charge in [0.2, 0.25) is 11.8 Å². The molecule has 0 unspecified atom stereocenters. The molecule has 276 valence electrons. The number of carbonyl (C=O) groups excluding carboxylic acids is 3. The minimum atomic E-state index is -1.15. The maximum Gasteiger partial charge on any atom is 0.309 e. The highest BCUT2D eigenvalue weighted by Crippen LogP contribution is 2.78. The zero-order chi connectivity index (χ0) is 36.4. The van der Waals surface area contributed by atoms with Crippen LogP contribution in [-0.4, -0.2) is 48.1 Å². The molecule has 49 heavy (non-hydrogen) atoms. The Morgan fingerprint density at radius 3 is 2.12 bits per heavy atom. The molecule has 0 aromatic heterocycles. The highest BCUT2D eigenvalue weighted by Gasteiger charge is 2.71. The number of hydrogen-bond donors (Lipinski definition) is 3. The Kier molecular flexibility index (Phi) is 10.0. The Labute approximate surface area is 295 Å². The van der Waals surface area contributed by atoms with E-state index >= 15 is 0 Å². The third-order valence-corrected chi connectivity index (χ3v) is 16.0. The van der Waals surface area contributed by atoms with Gasteiger partial charge in [0.1, 0.15) is 6.10 Å². The van der Waals surface area contributed by atoms with Crippen LogP contribution in [0.1, 0.15) is 139 Å². The number of hydrogen-bond acceptors (Lipinski definition) is 5. The molecule has 3 N–H and O–H groups in total. The number of carboxylic acids is 1. The van der Waals surface area contributed by atoms with E-state index in [0.717, 1.165) is 51.4 Å². The van der Waals surface area contributed by atoms with E-state index in [9.17, 15) is 24.3 Å². The summed E-state index contributed by atoms with van der Waals surface area (Å²) in [6.45, 7) is 24.6. The third kappa shape index (κ3) is 6.27. The fourth-order valence-corrected chi connectivity index (χ4v) is 13.2. The first-order valence-corrected chi connectivity index (χ1v) is 19.2. The molecule has 0 radical (unpaired) electrons. The van der Waals surface area contributed by atoms with Crippen molar-refractivity contribution < 1.29 is 29.0 Å². The van der Waals surface area contributed by atoms with E-state index in [1.807, 2.05) is 0 Å². The monoisotopic (exact) mass is 682 g/mol. The second kappa shape index (κ2) is 13.0. The molecule has 5 saturated carbocycles. The van der Waals surface area contributed by atoms with Crippen LogP contribution in [0.15, 0.2) is 12.2 Å². The highest BCUT2D eigenvalue weighted by atomic mass is 16.5. The lowest BCUT2D eigenvalue weighted by molar-refractivity contribution is -0.250. The van der Waals surface area contributed by atoms with Crippen molar-refractivity contribution in [3.8, 4) is 0 Å². The van der Waals surface area contributed by atoms with E-state index in [1.165, 1.54) is 25.3 Å². The van der Waals surface area contributed by atoms with E-state index in [4.69, 9.17) is 4.74 Å². The molecule has 0 spiro atoms. The highest BCUT2D eigenvalue weighted by molar-refractivity contribution is 5.81. The average Bonchev–Trinajstić information content (AvgIpc) is 3.36. The molecule has 5 rings (SSSR count). The first-order chi connectivity index (χ1) is 22.6. The van der Waals surface area contributed by atoms with Crippen LogP contribution in [0.3, 0.4) is 0 Å². The quantitative estimate of drug-likeness (QED) is 0.123. The Hall–Kier alpha value is -2.38. The zero-order valence-electron chi connectivity index (χ0n) is 32.1. The SMILES string of the molecule is C=C(C)[C@@H]1CC[C@]2(CC(=O)NCCNC(C)=O)CC[C@]3(C)[C@H](CC[C@@H]4[C@@]5(C)CC[C@H](OC(=O)CC(C)(C)C(=O)O)C(C)(C)[C@@H]5CC[C@]43C)[C@@H]12. The summed E-state index contributed by atoms with van der Waals surface area (Å²) in [6.07, 6.45) is 11.1. The minimum Gasteiger partial charge on any atom is -0.481 e. The molecule has 5 aliphatic rings. The van der Waals surface area contributed by atoms with Crippen LogP contribution < -0.4 is 10.6 Å². The van der Waals surface area contributed by atoms with Gasteiger partial charge in [-0.25, -0.2) is 0 Å². The number of amides is 2. The summed E-state index contributed by atoms with van der Waals surface area (Å²) in [5, 5.41) is 15.5. The summed E-state index contributed by atoms with van der Waals surface area (Å²) in [5.74, 6) is 1.06. The zero-order valence-corrected chi connectivity index (χ0v) is 32.1. The van der Waals surface area contributed by atoms with Gasteiger partial charge in [0.15, 0.2) is 0 Å². The average molecular weight is 683 g/mol. The molecule has 0 heterocycles. The van der Waals surface area contributed by atoms with E-state index in [0.29, 0.717) is 49.1 Å². The summed E-state index contributed by atoms with van der Waals surface area (Å²) in [7, 11) is 0. The van der Waals surface area contributed by atoms with Crippen LogP contribution >= 0.6 is 0 Å². The van der Waals surface area contributed by atoms with Crippen LogP contribution in [0.2, 0.25) is 0 Å². The maximum atomic E-state index is 13.4. The van der Waals surface area contributed by atoms with Gasteiger partial charge in [-0.1, -0.05) is 46.8 Å². The number of carbonyl (C=O) groups is 4. The number of fused-ring (bicyclic) bond motifs is 7. The number of nitrogens with one attached hydrogen (secondary N) is 2. The largest absolute Gasteiger partial charge is 0.481 e. The van der Waals surface area contributed by atoms with Gasteiger partial charge in [0, 0.05) is 31.8 Å². The van der Waals surface area contributed by atoms with Gasteiger partial charge in [0.25, 0.3) is 0 Å². The lowest BCUT2D eigenvalue weighted by Gasteiger charge is -2.73. The fourth-order valence-electron chi connectivity index (χ4n) is 13.2. The number of rotatable bonds is 10. The predicted octanol–water partition coefficient (Wildman–Crippen LogP) is 7.70. The van der Waals surface area contributed by atoms with Crippen molar-refractivity contribution in [2.45, 2.75) is 145 Å². The molecule has 5 aliphatic carbocycles. The van der Waals surface area contributed by atoms with Gasteiger partial charge in [-0.3, -0.25) is 19.2 Å². The van der Waals surface area contributed by atoms with Crippen molar-refractivity contribution in [3.63, 3.8) is 0 Å². The first kappa shape index (κ1) is 37.9. The normalized spacial score (nSPS) is 40.8. The molecule has 0 bridgehead atoms. The number of aliphatic carboxylic acids is 1. The maximum absolute atomic E-state index is 13.4. The van der Waals surface area contributed by atoms with Crippen LogP contribution in [-0.2, 0) is 23.9 Å². The van der Waals surface area contributed by atoms with Gasteiger partial charge in [0.05, 0.1) is 11.8 Å². The second-order valence-corrected chi connectivity index (χ2v) is 19.3. The topological polar surface area (TPSA) is 122 Å². The second-order valence-electron chi connectivity index (χ2n) is 19.3. The molecule has 10 atom stereocenters. The van der Waals surface area contributed by atoms with Crippen molar-refractivity contribution in [1.29, 1.82) is 0 Å². The van der Waals surface area contributed by atoms with Gasteiger partial charge >= 0.3 is 11.9 Å². The van der Waals surface area contributed by atoms with Gasteiger partial charge in [-0.05, 0) is 136 Å². The van der Waals surface area contributed by atoms with E-state index in [2.05, 4.69) is 58.8 Å². The van der Waals surface area contributed by atoms with Crippen LogP contribution in [0, 0.1) is 62.1 Å². The number of allylic oxidation sites excluding steroid dienone is 1. The summed E-state index contributed by atoms with van der Waals surface area (Å²) in [6, 6.07) is 0. The standard InChI is InChI=1S/C41H66N2O6/c1-25(2)27-13-18-41(23-32(45)43-22-21-42-26(3)44)20-19-39(9)28(34(27)41)11-12-30-38(8)16-15-31(49-33(46)24-36(4,5)35(47)48)37(6,7)29(38)14-17-40(30,39)10/h27-31,34H,1,11-24H2,2-10H3,(H,42,44)(H,43,45)(H,47,48)/t27-,28+,29-,30+,31-,34+,38-,39+,40+,41+/m0/s1. The Balaban J connectivity index is 1.37. The van der Waals surface area contributed by atoms with Crippen molar-refractivity contribution >= 4 is 23.8 Å². The predicted molar refractivity (Wildman–Crippen MR) is 191 cm³/mol. The van der Waals surface area contributed by atoms with Crippen LogP contribution in [0.4, 0.5) is 0 Å². The summed E-state index contributed by atoms with van der Waals surface area (Å²) < 4.78 is 6.16. The molecular formula is C41H66N2O6. The minimum absolute atomic E-state index is 0.00465. The number of esters is 1. The third-order valence-electron chi connectivity index (χ3n) is 16.0. The Morgan fingerprint density at radius 2 is 1.49 bits per heavy atom. The lowest BCUT2D eigenvalue weighted by Crippen LogP contribution is -2.67. The summed E-state index contributed by atoms with van der Waals surface area (Å²) in [4.78, 5) is 49.5. The Bertz CT molecular complexity index is 1350. The van der Waals surface area contributed by atoms with E-state index in [-0.39, 0.29) is 51.4 Å². The van der Waals surface area contributed by atoms with Crippen molar-refractivity contribution in [2.24, 2.45) is 62.1 Å². The fraction of sp³-hybridized carbons (Fsp3) is 0.854. The molecule has 5 fully saturated rings. The van der Waals surface area contributed by atoms with Gasteiger partial charge < -0.3 is 20.5 Å². The molecule has 0 aromatic carbocycles. The molecule has 8 nitrogen and oxygen atoms in total. The van der Waals surface area contributed by atoms with Crippen LogP contribution in [0.25, 0.3) is 0 Å². The Morgan fingerprint density at radius 1 is 0.816 bits per heavy atom. The molecule has 8 heteroatoms. The smallest absolute Gasteiger partial charge is 0.309 e. The summed E-state index contributed by atoms with van der Waals surface area (Å²) >= 11 is 0. The number of carboxylic acid groups (broad SMARTS) is 1. The molecular weight excluding hydrogens is 616 g/mol. The van der Waals surface area contributed by atoms with Crippen molar-refractivity contribution in [3.05, 3.63) is 12.2 Å². The van der Waals surface area contributed by atoms with Crippen LogP contribution in [0.5, 0.6) is 0 Å². The molecule has 2 amide bonds. The van der Waals surface area contributed by atoms with Crippen molar-refractivity contribution in [1.82, 2.24) is 10.6 Å². The first-order valence-electron chi connectivity index (χ1n) is 19.2. The van der Waals surface area contributed by atoms with Gasteiger partial charge in [-0.2, -0.15) is 0 Å². The molecule has 0 aliphatic heterocycles. The van der Waals surface area contributed by atoms with Crippen molar-refractivity contribution in [2.75, 3.05) is 13.1 Å². The summed E-state index contributed by atoms with van der Waals surface area (Å²) in [5.41, 5.74) is 0.360. The van der Waals surface area contributed by atoms with E-state index in [1.54, 1.807) is 13.8 Å². The number of ether oxygens (including phenoxy) is 1. The van der Waals surface area contributed by atoms with E-state index < -0.39 is 17.4 Å².